The molecule has 0 bridgehead atoms. The molecule has 2 aromatic carbocycles. The summed E-state index contributed by atoms with van der Waals surface area (Å²) in [6.07, 6.45) is 2.10. The van der Waals surface area contributed by atoms with E-state index in [9.17, 15) is 4.79 Å². The van der Waals surface area contributed by atoms with Crippen LogP contribution < -0.4 is 4.90 Å². The number of anilines is 1. The summed E-state index contributed by atoms with van der Waals surface area (Å²) in [6.45, 7) is 5.37. The number of aromatic nitrogens is 1. The predicted molar refractivity (Wildman–Crippen MR) is 114 cm³/mol. The van der Waals surface area contributed by atoms with Crippen molar-refractivity contribution < 1.29 is 9.53 Å². The zero-order valence-corrected chi connectivity index (χ0v) is 17.0. The molecule has 1 aliphatic heterocycles. The van der Waals surface area contributed by atoms with Crippen LogP contribution in [0.3, 0.4) is 0 Å². The first-order valence-electron chi connectivity index (χ1n) is 9.63. The molecule has 1 amide bonds. The predicted octanol–water partition coefficient (Wildman–Crippen LogP) is 5.25. The summed E-state index contributed by atoms with van der Waals surface area (Å²) in [5.74, 6) is -0.0241. The van der Waals surface area contributed by atoms with Crippen molar-refractivity contribution >= 4 is 22.4 Å². The lowest BCUT2D eigenvalue weighted by Crippen LogP contribution is -2.37. The van der Waals surface area contributed by atoms with Gasteiger partial charge in [-0.3, -0.25) is 9.69 Å². The molecule has 144 valence electrons. The van der Waals surface area contributed by atoms with Gasteiger partial charge in [-0.05, 0) is 38.8 Å². The van der Waals surface area contributed by atoms with Crippen LogP contribution in [0.25, 0.3) is 11.3 Å². The highest BCUT2D eigenvalue weighted by Gasteiger charge is 2.27. The van der Waals surface area contributed by atoms with Crippen molar-refractivity contribution in [2.75, 3.05) is 18.1 Å². The molecule has 1 fully saturated rings. The smallest absolute Gasteiger partial charge is 0.260 e. The van der Waals surface area contributed by atoms with Crippen molar-refractivity contribution in [3.05, 3.63) is 70.6 Å². The number of rotatable bonds is 5. The van der Waals surface area contributed by atoms with Gasteiger partial charge in [-0.2, -0.15) is 0 Å². The van der Waals surface area contributed by atoms with Crippen molar-refractivity contribution in [2.24, 2.45) is 0 Å². The molecule has 4 rings (SSSR count). The Morgan fingerprint density at radius 2 is 2.00 bits per heavy atom. The second-order valence-corrected chi connectivity index (χ2v) is 8.14. The summed E-state index contributed by atoms with van der Waals surface area (Å²) in [5.41, 5.74) is 4.93. The van der Waals surface area contributed by atoms with Gasteiger partial charge in [0.2, 0.25) is 0 Å². The fraction of sp³-hybridized carbons (Fsp3) is 0.304. The first-order valence-corrected chi connectivity index (χ1v) is 10.5. The van der Waals surface area contributed by atoms with Crippen LogP contribution in [0.15, 0.2) is 53.9 Å². The highest BCUT2D eigenvalue weighted by atomic mass is 32.1. The van der Waals surface area contributed by atoms with E-state index in [0.717, 1.165) is 41.4 Å². The number of amides is 1. The molecule has 0 aliphatic carbocycles. The van der Waals surface area contributed by atoms with Gasteiger partial charge in [0.05, 0.1) is 18.3 Å². The number of hydrogen-bond acceptors (Lipinski definition) is 4. The number of benzene rings is 2. The van der Waals surface area contributed by atoms with Gasteiger partial charge < -0.3 is 4.74 Å². The molecular formula is C23H24N2O2S. The Morgan fingerprint density at radius 3 is 2.71 bits per heavy atom. The Balaban J connectivity index is 1.65. The summed E-state index contributed by atoms with van der Waals surface area (Å²) >= 11 is 1.51. The molecular weight excluding hydrogens is 368 g/mol. The lowest BCUT2D eigenvalue weighted by molar-refractivity contribution is 0.0917. The van der Waals surface area contributed by atoms with Gasteiger partial charge in [-0.15, -0.1) is 11.3 Å². The van der Waals surface area contributed by atoms with Crippen LogP contribution in [-0.2, 0) is 4.74 Å². The number of carbonyl (C=O) groups is 1. The summed E-state index contributed by atoms with van der Waals surface area (Å²) in [4.78, 5) is 19.9. The monoisotopic (exact) mass is 392 g/mol. The molecule has 0 unspecified atom stereocenters. The average Bonchev–Trinajstić information content (AvgIpc) is 3.38. The van der Waals surface area contributed by atoms with Crippen LogP contribution in [0.2, 0.25) is 0 Å². The lowest BCUT2D eigenvalue weighted by Gasteiger charge is -2.23. The fourth-order valence-corrected chi connectivity index (χ4v) is 4.26. The fourth-order valence-electron chi connectivity index (χ4n) is 3.42. The summed E-state index contributed by atoms with van der Waals surface area (Å²) in [7, 11) is 0. The van der Waals surface area contributed by atoms with E-state index in [1.807, 2.05) is 36.6 Å². The van der Waals surface area contributed by atoms with Crippen molar-refractivity contribution in [3.63, 3.8) is 0 Å². The van der Waals surface area contributed by atoms with E-state index in [1.54, 1.807) is 4.90 Å². The van der Waals surface area contributed by atoms with Gasteiger partial charge in [-0.25, -0.2) is 4.98 Å². The van der Waals surface area contributed by atoms with Gasteiger partial charge in [0.25, 0.3) is 5.91 Å². The highest BCUT2D eigenvalue weighted by molar-refractivity contribution is 7.14. The molecule has 1 aromatic heterocycles. The van der Waals surface area contributed by atoms with Crippen LogP contribution >= 0.6 is 11.3 Å². The van der Waals surface area contributed by atoms with Crippen LogP contribution in [0.1, 0.15) is 34.3 Å². The van der Waals surface area contributed by atoms with E-state index in [0.29, 0.717) is 12.1 Å². The third-order valence-electron chi connectivity index (χ3n) is 4.99. The van der Waals surface area contributed by atoms with Gasteiger partial charge in [0, 0.05) is 23.1 Å². The van der Waals surface area contributed by atoms with Crippen molar-refractivity contribution in [3.8, 4) is 11.3 Å². The van der Waals surface area contributed by atoms with E-state index < -0.39 is 0 Å². The third kappa shape index (κ3) is 4.16. The number of carbonyl (C=O) groups excluding carboxylic acids is 1. The maximum atomic E-state index is 13.3. The van der Waals surface area contributed by atoms with Crippen molar-refractivity contribution in [2.45, 2.75) is 32.8 Å². The third-order valence-corrected chi connectivity index (χ3v) is 5.85. The van der Waals surface area contributed by atoms with Gasteiger partial charge >= 0.3 is 0 Å². The van der Waals surface area contributed by atoms with E-state index in [4.69, 9.17) is 9.72 Å². The first kappa shape index (κ1) is 18.8. The molecule has 0 N–H and O–H groups in total. The average molecular weight is 393 g/mol. The second kappa shape index (κ2) is 8.25. The summed E-state index contributed by atoms with van der Waals surface area (Å²) < 4.78 is 5.80. The Kier molecular flexibility index (Phi) is 5.55. The molecule has 0 spiro atoms. The van der Waals surface area contributed by atoms with Gasteiger partial charge in [0.1, 0.15) is 0 Å². The van der Waals surface area contributed by atoms with Crippen LogP contribution in [0.5, 0.6) is 0 Å². The number of hydrogen-bond donors (Lipinski definition) is 0. The second-order valence-electron chi connectivity index (χ2n) is 7.30. The topological polar surface area (TPSA) is 42.4 Å². The van der Waals surface area contributed by atoms with Gasteiger partial charge in [0.15, 0.2) is 5.13 Å². The standard InChI is InChI=1S/C23H24N2O2S/c1-16-8-10-18(11-9-16)21-15-28-23(24-21)25(14-20-7-4-12-27-20)22(26)19-6-3-5-17(2)13-19/h3,5-6,8-11,13,15,20H,4,7,12,14H2,1-2H3/t20-/m1/s1. The molecule has 5 heteroatoms. The molecule has 1 atom stereocenters. The minimum Gasteiger partial charge on any atom is -0.376 e. The number of aryl methyl sites for hydroxylation is 2. The molecule has 2 heterocycles. The van der Waals surface area contributed by atoms with Gasteiger partial charge in [-0.1, -0.05) is 47.5 Å². The minimum absolute atomic E-state index is 0.0241. The largest absolute Gasteiger partial charge is 0.376 e. The normalized spacial score (nSPS) is 16.3. The Bertz CT molecular complexity index is 959. The van der Waals surface area contributed by atoms with Crippen LogP contribution in [-0.4, -0.2) is 30.1 Å². The number of nitrogens with zero attached hydrogens (tertiary/aromatic N) is 2. The summed E-state index contributed by atoms with van der Waals surface area (Å²) in [6, 6.07) is 16.0. The summed E-state index contributed by atoms with van der Waals surface area (Å²) in [5, 5.41) is 2.74. The molecule has 3 aromatic rings. The van der Waals surface area contributed by atoms with Crippen LogP contribution in [0.4, 0.5) is 5.13 Å². The van der Waals surface area contributed by atoms with E-state index in [1.165, 1.54) is 16.9 Å². The number of thiazole rings is 1. The van der Waals surface area contributed by atoms with E-state index in [2.05, 4.69) is 31.2 Å². The Hall–Kier alpha value is -2.50. The highest BCUT2D eigenvalue weighted by Crippen LogP contribution is 2.30. The quantitative estimate of drug-likeness (QED) is 0.595. The molecule has 0 saturated carbocycles. The molecule has 1 aliphatic rings. The Morgan fingerprint density at radius 1 is 1.18 bits per heavy atom. The maximum Gasteiger partial charge on any atom is 0.260 e. The molecule has 0 radical (unpaired) electrons. The lowest BCUT2D eigenvalue weighted by atomic mass is 10.1. The maximum absolute atomic E-state index is 13.3. The zero-order valence-electron chi connectivity index (χ0n) is 16.2. The zero-order chi connectivity index (χ0) is 19.5. The Labute approximate surface area is 169 Å². The first-order chi connectivity index (χ1) is 13.6. The molecule has 4 nitrogen and oxygen atoms in total. The number of ether oxygens (including phenoxy) is 1. The van der Waals surface area contributed by atoms with E-state index >= 15 is 0 Å². The SMILES string of the molecule is Cc1ccc(-c2csc(N(C[C@H]3CCCO3)C(=O)c3cccc(C)c3)n2)cc1. The van der Waals surface area contributed by atoms with Crippen LogP contribution in [0, 0.1) is 13.8 Å². The van der Waals surface area contributed by atoms with Crippen molar-refractivity contribution in [1.82, 2.24) is 4.98 Å². The van der Waals surface area contributed by atoms with Crippen molar-refractivity contribution in [1.29, 1.82) is 0 Å². The molecule has 1 saturated heterocycles. The molecule has 28 heavy (non-hydrogen) atoms. The minimum atomic E-state index is -0.0241. The van der Waals surface area contributed by atoms with E-state index in [-0.39, 0.29) is 12.0 Å².